The number of carbonyl (C=O) groups is 2. The average Bonchev–Trinajstić information content (AvgIpc) is 2.46. The van der Waals surface area contributed by atoms with Gasteiger partial charge in [-0.15, -0.1) is 0 Å². The summed E-state index contributed by atoms with van der Waals surface area (Å²) in [5.74, 6) is -0.432. The van der Waals surface area contributed by atoms with Crippen molar-refractivity contribution in [3.63, 3.8) is 0 Å². The van der Waals surface area contributed by atoms with Crippen molar-refractivity contribution in [3.05, 3.63) is 33.9 Å². The highest BCUT2D eigenvalue weighted by atomic mass is 16.6. The van der Waals surface area contributed by atoms with Gasteiger partial charge in [-0.3, -0.25) is 19.7 Å². The highest BCUT2D eigenvalue weighted by molar-refractivity contribution is 5.98. The predicted molar refractivity (Wildman–Crippen MR) is 77.5 cm³/mol. The Morgan fingerprint density at radius 2 is 2.24 bits per heavy atom. The van der Waals surface area contributed by atoms with E-state index in [1.807, 2.05) is 11.8 Å². The van der Waals surface area contributed by atoms with E-state index in [1.54, 1.807) is 6.07 Å². The normalized spacial score (nSPS) is 18.3. The largest absolute Gasteiger partial charge is 0.358 e. The zero-order valence-corrected chi connectivity index (χ0v) is 12.0. The molecule has 7 nitrogen and oxygen atoms in total. The highest BCUT2D eigenvalue weighted by Crippen LogP contribution is 2.28. The molecule has 1 unspecified atom stereocenters. The highest BCUT2D eigenvalue weighted by Gasteiger charge is 2.29. The second kappa shape index (κ2) is 5.90. The number of nitro groups is 1. The van der Waals surface area contributed by atoms with Crippen molar-refractivity contribution < 1.29 is 14.5 Å². The molecule has 1 heterocycles. The Labute approximate surface area is 122 Å². The molecular formula is C14H17N3O4. The lowest BCUT2D eigenvalue weighted by Gasteiger charge is -2.36. The van der Waals surface area contributed by atoms with Gasteiger partial charge in [0, 0.05) is 24.8 Å². The summed E-state index contributed by atoms with van der Waals surface area (Å²) < 4.78 is 0. The number of hydrogen-bond donors (Lipinski definition) is 1. The van der Waals surface area contributed by atoms with Crippen LogP contribution in [-0.2, 0) is 4.79 Å². The van der Waals surface area contributed by atoms with Gasteiger partial charge in [-0.2, -0.15) is 0 Å². The molecule has 1 aromatic carbocycles. The van der Waals surface area contributed by atoms with Crippen LogP contribution in [0.5, 0.6) is 0 Å². The summed E-state index contributed by atoms with van der Waals surface area (Å²) in [5, 5.41) is 13.9. The van der Waals surface area contributed by atoms with Crippen molar-refractivity contribution in [1.82, 2.24) is 5.32 Å². The Morgan fingerprint density at radius 3 is 2.81 bits per heavy atom. The molecular weight excluding hydrogens is 274 g/mol. The number of Topliss-reactive ketones (excluding diaryl/α,β-unsaturated/α-hetero) is 1. The zero-order valence-electron chi connectivity index (χ0n) is 12.0. The predicted octanol–water partition coefficient (Wildman–Crippen LogP) is 1.51. The fraction of sp³-hybridized carbons (Fsp3) is 0.429. The van der Waals surface area contributed by atoms with Gasteiger partial charge in [-0.1, -0.05) is 6.92 Å². The van der Waals surface area contributed by atoms with Gasteiger partial charge in [0.15, 0.2) is 5.78 Å². The number of hydrogen-bond acceptors (Lipinski definition) is 5. The van der Waals surface area contributed by atoms with Gasteiger partial charge >= 0.3 is 0 Å². The minimum absolute atomic E-state index is 0.0814. The molecule has 0 aromatic heterocycles. The molecule has 112 valence electrons. The van der Waals surface area contributed by atoms with Crippen LogP contribution in [0.1, 0.15) is 30.6 Å². The van der Waals surface area contributed by atoms with Gasteiger partial charge in [-0.05, 0) is 25.5 Å². The van der Waals surface area contributed by atoms with Crippen molar-refractivity contribution in [2.45, 2.75) is 26.3 Å². The molecule has 1 saturated heterocycles. The Morgan fingerprint density at radius 1 is 1.52 bits per heavy atom. The summed E-state index contributed by atoms with van der Waals surface area (Å²) in [5.41, 5.74) is 0.451. The van der Waals surface area contributed by atoms with Crippen LogP contribution in [0.15, 0.2) is 18.2 Å². The van der Waals surface area contributed by atoms with Crippen LogP contribution in [0.3, 0.4) is 0 Å². The summed E-state index contributed by atoms with van der Waals surface area (Å²) in [6, 6.07) is 4.14. The van der Waals surface area contributed by atoms with E-state index in [4.69, 9.17) is 0 Å². The van der Waals surface area contributed by atoms with Crippen LogP contribution in [0, 0.1) is 10.1 Å². The van der Waals surface area contributed by atoms with E-state index in [0.717, 1.165) is 0 Å². The molecule has 0 saturated carbocycles. The third-order valence-corrected chi connectivity index (χ3v) is 3.61. The zero-order chi connectivity index (χ0) is 15.6. The van der Waals surface area contributed by atoms with E-state index in [9.17, 15) is 19.7 Å². The molecule has 0 bridgehead atoms. The lowest BCUT2D eigenvalue weighted by molar-refractivity contribution is -0.385. The molecule has 7 heteroatoms. The van der Waals surface area contributed by atoms with E-state index in [1.165, 1.54) is 19.1 Å². The fourth-order valence-electron chi connectivity index (χ4n) is 2.58. The number of nitro benzene ring substituents is 1. The SMILES string of the molecule is CCC1C(=O)NCCN1c1ccc(C(C)=O)c([N+](=O)[O-])c1. The Balaban J connectivity index is 2.44. The van der Waals surface area contributed by atoms with Crippen LogP contribution < -0.4 is 10.2 Å². The Hall–Kier alpha value is -2.44. The smallest absolute Gasteiger partial charge is 0.282 e. The Bertz CT molecular complexity index is 600. The van der Waals surface area contributed by atoms with Crippen LogP contribution in [-0.4, -0.2) is 35.7 Å². The maximum absolute atomic E-state index is 11.9. The van der Waals surface area contributed by atoms with Crippen molar-refractivity contribution in [2.24, 2.45) is 0 Å². The second-order valence-electron chi connectivity index (χ2n) is 4.92. The first kappa shape index (κ1) is 15.0. The molecule has 1 aliphatic rings. The standard InChI is InChI=1S/C14H17N3O4/c1-3-12-14(19)15-6-7-16(12)10-4-5-11(9(2)18)13(8-10)17(20)21/h4-5,8,12H,3,6-7H2,1-2H3,(H,15,19). The summed E-state index contributed by atoms with van der Waals surface area (Å²) in [6.45, 7) is 4.27. The molecule has 1 atom stereocenters. The monoisotopic (exact) mass is 291 g/mol. The van der Waals surface area contributed by atoms with Crippen LogP contribution in [0.4, 0.5) is 11.4 Å². The van der Waals surface area contributed by atoms with Crippen LogP contribution in [0.25, 0.3) is 0 Å². The van der Waals surface area contributed by atoms with Gasteiger partial charge < -0.3 is 10.2 Å². The van der Waals surface area contributed by atoms with E-state index in [0.29, 0.717) is 25.2 Å². The molecule has 1 fully saturated rings. The lowest BCUT2D eigenvalue weighted by Crippen LogP contribution is -2.55. The minimum atomic E-state index is -0.564. The van der Waals surface area contributed by atoms with Crippen LogP contribution >= 0.6 is 0 Å². The second-order valence-corrected chi connectivity index (χ2v) is 4.92. The third kappa shape index (κ3) is 2.86. The van der Waals surface area contributed by atoms with Gasteiger partial charge in [0.1, 0.15) is 6.04 Å². The van der Waals surface area contributed by atoms with Crippen molar-refractivity contribution >= 4 is 23.1 Å². The molecule has 0 spiro atoms. The number of amides is 1. The van der Waals surface area contributed by atoms with Gasteiger partial charge in [-0.25, -0.2) is 0 Å². The van der Waals surface area contributed by atoms with E-state index < -0.39 is 4.92 Å². The number of piperazine rings is 1. The van der Waals surface area contributed by atoms with E-state index in [-0.39, 0.29) is 29.0 Å². The van der Waals surface area contributed by atoms with Gasteiger partial charge in [0.05, 0.1) is 10.5 Å². The maximum atomic E-state index is 11.9. The molecule has 1 aliphatic heterocycles. The summed E-state index contributed by atoms with van der Waals surface area (Å²) in [6.07, 6.45) is 0.605. The number of rotatable bonds is 4. The third-order valence-electron chi connectivity index (χ3n) is 3.61. The number of nitrogens with zero attached hydrogens (tertiary/aromatic N) is 2. The quantitative estimate of drug-likeness (QED) is 0.515. The number of ketones is 1. The molecule has 1 N–H and O–H groups in total. The summed E-state index contributed by atoms with van der Waals surface area (Å²) in [4.78, 5) is 35.7. The number of benzene rings is 1. The maximum Gasteiger partial charge on any atom is 0.282 e. The first-order chi connectivity index (χ1) is 9.95. The minimum Gasteiger partial charge on any atom is -0.358 e. The molecule has 1 aromatic rings. The van der Waals surface area contributed by atoms with E-state index in [2.05, 4.69) is 5.32 Å². The molecule has 0 radical (unpaired) electrons. The summed E-state index contributed by atoms with van der Waals surface area (Å²) >= 11 is 0. The lowest BCUT2D eigenvalue weighted by atomic mass is 10.0. The van der Waals surface area contributed by atoms with Crippen LogP contribution in [0.2, 0.25) is 0 Å². The number of nitrogens with one attached hydrogen (secondary N) is 1. The van der Waals surface area contributed by atoms with Crippen molar-refractivity contribution in [3.8, 4) is 0 Å². The van der Waals surface area contributed by atoms with Crippen molar-refractivity contribution in [1.29, 1.82) is 0 Å². The molecule has 1 amide bonds. The number of anilines is 1. The fourth-order valence-corrected chi connectivity index (χ4v) is 2.58. The molecule has 2 rings (SSSR count). The first-order valence-electron chi connectivity index (χ1n) is 6.79. The Kier molecular flexibility index (Phi) is 4.21. The molecule has 21 heavy (non-hydrogen) atoms. The van der Waals surface area contributed by atoms with E-state index >= 15 is 0 Å². The van der Waals surface area contributed by atoms with Gasteiger partial charge in [0.2, 0.25) is 5.91 Å². The number of carbonyl (C=O) groups excluding carboxylic acids is 2. The van der Waals surface area contributed by atoms with Crippen molar-refractivity contribution in [2.75, 3.05) is 18.0 Å². The molecule has 0 aliphatic carbocycles. The average molecular weight is 291 g/mol. The van der Waals surface area contributed by atoms with Gasteiger partial charge in [0.25, 0.3) is 5.69 Å². The summed E-state index contributed by atoms with van der Waals surface area (Å²) in [7, 11) is 0. The topological polar surface area (TPSA) is 92.6 Å². The first-order valence-corrected chi connectivity index (χ1v) is 6.79.